The van der Waals surface area contributed by atoms with E-state index in [4.69, 9.17) is 5.73 Å². The smallest absolute Gasteiger partial charge is 0.251 e. The fourth-order valence-electron chi connectivity index (χ4n) is 2.49. The molecule has 0 aromatic heterocycles. The molecule has 0 radical (unpaired) electrons. The van der Waals surface area contributed by atoms with E-state index < -0.39 is 0 Å². The molecule has 2 amide bonds. The van der Waals surface area contributed by atoms with Crippen LogP contribution in [0.5, 0.6) is 0 Å². The molecule has 114 valence electrons. The van der Waals surface area contributed by atoms with E-state index in [-0.39, 0.29) is 24.4 Å². The van der Waals surface area contributed by atoms with Crippen molar-refractivity contribution in [3.63, 3.8) is 0 Å². The fraction of sp³-hybridized carbons (Fsp3) is 0.467. The van der Waals surface area contributed by atoms with Crippen LogP contribution in [0.4, 0.5) is 0 Å². The summed E-state index contributed by atoms with van der Waals surface area (Å²) in [5.41, 5.74) is 6.29. The van der Waals surface area contributed by atoms with Crippen molar-refractivity contribution in [2.24, 2.45) is 5.73 Å². The first-order valence-electron chi connectivity index (χ1n) is 7.13. The lowest BCUT2D eigenvalue weighted by Gasteiger charge is -2.39. The summed E-state index contributed by atoms with van der Waals surface area (Å²) in [7, 11) is 2.02. The van der Waals surface area contributed by atoms with Crippen LogP contribution in [0.1, 0.15) is 10.4 Å². The molecule has 1 aromatic carbocycles. The van der Waals surface area contributed by atoms with Gasteiger partial charge < -0.3 is 20.9 Å². The number of hydrogen-bond acceptors (Lipinski definition) is 4. The topological polar surface area (TPSA) is 78.7 Å². The zero-order valence-electron chi connectivity index (χ0n) is 12.3. The Hall–Kier alpha value is -1.92. The van der Waals surface area contributed by atoms with Crippen LogP contribution in [0.2, 0.25) is 0 Å². The van der Waals surface area contributed by atoms with Gasteiger partial charge in [0.15, 0.2) is 0 Å². The lowest BCUT2D eigenvalue weighted by atomic mass is 10.1. The van der Waals surface area contributed by atoms with E-state index in [1.54, 1.807) is 29.2 Å². The summed E-state index contributed by atoms with van der Waals surface area (Å²) in [6, 6.07) is 8.89. The normalized spacial score (nSPS) is 19.3. The molecule has 0 saturated carbocycles. The molecule has 1 heterocycles. The quantitative estimate of drug-likeness (QED) is 0.785. The molecule has 6 nitrogen and oxygen atoms in total. The number of carbonyl (C=O) groups excluding carboxylic acids is 2. The summed E-state index contributed by atoms with van der Waals surface area (Å²) >= 11 is 0. The average Bonchev–Trinajstić information content (AvgIpc) is 2.52. The predicted octanol–water partition coefficient (Wildman–Crippen LogP) is -0.482. The van der Waals surface area contributed by atoms with Crippen LogP contribution < -0.4 is 11.1 Å². The standard InChI is InChI=1S/C15H22N4O2/c1-18-7-8-19(13(9-16)11-18)14(20)10-17-15(21)12-5-3-2-4-6-12/h2-6,13H,7-11,16H2,1H3,(H,17,21). The summed E-state index contributed by atoms with van der Waals surface area (Å²) in [5.74, 6) is -0.315. The van der Waals surface area contributed by atoms with Crippen molar-refractivity contribution in [1.82, 2.24) is 15.1 Å². The van der Waals surface area contributed by atoms with E-state index in [9.17, 15) is 9.59 Å². The molecule has 1 atom stereocenters. The predicted molar refractivity (Wildman–Crippen MR) is 80.8 cm³/mol. The number of nitrogens with two attached hydrogens (primary N) is 1. The van der Waals surface area contributed by atoms with E-state index in [0.717, 1.165) is 13.1 Å². The molecule has 1 saturated heterocycles. The lowest BCUT2D eigenvalue weighted by Crippen LogP contribution is -2.58. The minimum absolute atomic E-state index is 0.00788. The molecule has 0 aliphatic carbocycles. The van der Waals surface area contributed by atoms with Crippen LogP contribution in [0.15, 0.2) is 30.3 Å². The van der Waals surface area contributed by atoms with Crippen LogP contribution in [-0.4, -0.2) is 67.4 Å². The van der Waals surface area contributed by atoms with E-state index in [2.05, 4.69) is 10.2 Å². The van der Waals surface area contributed by atoms with Crippen LogP contribution >= 0.6 is 0 Å². The number of nitrogens with zero attached hydrogens (tertiary/aromatic N) is 2. The summed E-state index contributed by atoms with van der Waals surface area (Å²) in [6.45, 7) is 2.69. The maximum Gasteiger partial charge on any atom is 0.251 e. The van der Waals surface area contributed by atoms with Gasteiger partial charge in [0.05, 0.1) is 12.6 Å². The van der Waals surface area contributed by atoms with Gasteiger partial charge in [0, 0.05) is 31.7 Å². The van der Waals surface area contributed by atoms with E-state index in [0.29, 0.717) is 18.7 Å². The second-order valence-electron chi connectivity index (χ2n) is 5.29. The van der Waals surface area contributed by atoms with E-state index >= 15 is 0 Å². The van der Waals surface area contributed by atoms with Gasteiger partial charge in [0.1, 0.15) is 0 Å². The number of amides is 2. The Bertz CT molecular complexity index is 492. The van der Waals surface area contributed by atoms with Crippen LogP contribution in [0, 0.1) is 0 Å². The Kier molecular flexibility index (Phi) is 5.30. The van der Waals surface area contributed by atoms with Gasteiger partial charge in [-0.2, -0.15) is 0 Å². The maximum atomic E-state index is 12.2. The molecular weight excluding hydrogens is 268 g/mol. The van der Waals surface area contributed by atoms with Gasteiger partial charge in [0.25, 0.3) is 5.91 Å². The van der Waals surface area contributed by atoms with Crippen molar-refractivity contribution in [3.05, 3.63) is 35.9 Å². The van der Waals surface area contributed by atoms with Crippen LogP contribution in [0.25, 0.3) is 0 Å². The first-order chi connectivity index (χ1) is 10.1. The third-order valence-corrected chi connectivity index (χ3v) is 3.71. The van der Waals surface area contributed by atoms with Crippen molar-refractivity contribution in [2.45, 2.75) is 6.04 Å². The minimum atomic E-state index is -0.234. The van der Waals surface area contributed by atoms with Crippen molar-refractivity contribution >= 4 is 11.8 Å². The first kappa shape index (κ1) is 15.5. The van der Waals surface area contributed by atoms with Gasteiger partial charge in [0.2, 0.25) is 5.91 Å². The molecule has 0 spiro atoms. The second kappa shape index (κ2) is 7.19. The van der Waals surface area contributed by atoms with Crippen molar-refractivity contribution in [1.29, 1.82) is 0 Å². The van der Waals surface area contributed by atoms with E-state index in [1.165, 1.54) is 0 Å². The lowest BCUT2D eigenvalue weighted by molar-refractivity contribution is -0.134. The zero-order chi connectivity index (χ0) is 15.2. The maximum absolute atomic E-state index is 12.2. The highest BCUT2D eigenvalue weighted by molar-refractivity contribution is 5.96. The second-order valence-corrected chi connectivity index (χ2v) is 5.29. The van der Waals surface area contributed by atoms with Crippen molar-refractivity contribution in [2.75, 3.05) is 39.8 Å². The Morgan fingerprint density at radius 3 is 2.67 bits per heavy atom. The number of carbonyl (C=O) groups is 2. The Morgan fingerprint density at radius 1 is 1.29 bits per heavy atom. The van der Waals surface area contributed by atoms with Gasteiger partial charge in [-0.1, -0.05) is 18.2 Å². The molecule has 0 bridgehead atoms. The number of nitrogens with one attached hydrogen (secondary N) is 1. The Balaban J connectivity index is 1.88. The average molecular weight is 290 g/mol. The number of benzene rings is 1. The molecule has 2 rings (SSSR count). The first-order valence-corrected chi connectivity index (χ1v) is 7.13. The van der Waals surface area contributed by atoms with Gasteiger partial charge in [-0.25, -0.2) is 0 Å². The number of piperazine rings is 1. The van der Waals surface area contributed by atoms with Gasteiger partial charge in [-0.3, -0.25) is 9.59 Å². The van der Waals surface area contributed by atoms with Gasteiger partial charge in [-0.15, -0.1) is 0 Å². The number of likely N-dealkylation sites (N-methyl/N-ethyl adjacent to an activating group) is 1. The van der Waals surface area contributed by atoms with Crippen molar-refractivity contribution < 1.29 is 9.59 Å². The summed E-state index contributed by atoms with van der Waals surface area (Å²) < 4.78 is 0. The van der Waals surface area contributed by atoms with Gasteiger partial charge in [-0.05, 0) is 19.2 Å². The van der Waals surface area contributed by atoms with Crippen LogP contribution in [-0.2, 0) is 4.79 Å². The molecular formula is C15H22N4O2. The Morgan fingerprint density at radius 2 is 2.00 bits per heavy atom. The molecule has 21 heavy (non-hydrogen) atoms. The van der Waals surface area contributed by atoms with E-state index in [1.807, 2.05) is 13.1 Å². The summed E-state index contributed by atoms with van der Waals surface area (Å²) in [5, 5.41) is 2.67. The SMILES string of the molecule is CN1CCN(C(=O)CNC(=O)c2ccccc2)C(CN)C1. The zero-order valence-corrected chi connectivity index (χ0v) is 12.3. The highest BCUT2D eigenvalue weighted by Crippen LogP contribution is 2.07. The molecule has 1 aliphatic heterocycles. The van der Waals surface area contributed by atoms with Crippen LogP contribution in [0.3, 0.4) is 0 Å². The summed E-state index contributed by atoms with van der Waals surface area (Å²) in [4.78, 5) is 28.1. The third-order valence-electron chi connectivity index (χ3n) is 3.71. The number of hydrogen-bond donors (Lipinski definition) is 2. The van der Waals surface area contributed by atoms with Gasteiger partial charge >= 0.3 is 0 Å². The summed E-state index contributed by atoms with van der Waals surface area (Å²) in [6.07, 6.45) is 0. The molecule has 1 aromatic rings. The third kappa shape index (κ3) is 4.03. The highest BCUT2D eigenvalue weighted by atomic mass is 16.2. The number of rotatable bonds is 4. The minimum Gasteiger partial charge on any atom is -0.343 e. The molecule has 1 unspecified atom stereocenters. The molecule has 6 heteroatoms. The Labute approximate surface area is 124 Å². The fourth-order valence-corrected chi connectivity index (χ4v) is 2.49. The highest BCUT2D eigenvalue weighted by Gasteiger charge is 2.27. The van der Waals surface area contributed by atoms with Crippen molar-refractivity contribution in [3.8, 4) is 0 Å². The monoisotopic (exact) mass is 290 g/mol. The molecule has 1 fully saturated rings. The molecule has 3 N–H and O–H groups in total. The molecule has 1 aliphatic rings. The largest absolute Gasteiger partial charge is 0.343 e.